The molecule has 0 saturated carbocycles. The highest BCUT2D eigenvalue weighted by Crippen LogP contribution is 2.29. The Morgan fingerprint density at radius 3 is 2.40 bits per heavy atom. The van der Waals surface area contributed by atoms with Gasteiger partial charge in [-0.1, -0.05) is 57.5 Å². The fourth-order valence-electron chi connectivity index (χ4n) is 6.36. The summed E-state index contributed by atoms with van der Waals surface area (Å²) in [5.74, 6) is -1.86. The van der Waals surface area contributed by atoms with Gasteiger partial charge >= 0.3 is 0 Å². The van der Waals surface area contributed by atoms with E-state index in [-0.39, 0.29) is 68.1 Å². The van der Waals surface area contributed by atoms with Crippen LogP contribution in [-0.4, -0.2) is 123 Å². The second-order valence-corrected chi connectivity index (χ2v) is 12.3. The zero-order valence-electron chi connectivity index (χ0n) is 28.8. The molecule has 47 heavy (non-hydrogen) atoms. The Hall–Kier alpha value is -3.55. The fraction of sp³-hybridized carbons (Fsp3) is 0.676. The van der Waals surface area contributed by atoms with Crippen molar-refractivity contribution in [1.29, 1.82) is 0 Å². The molecule has 1 aliphatic rings. The molecule has 0 spiro atoms. The van der Waals surface area contributed by atoms with Crippen LogP contribution >= 0.6 is 0 Å². The smallest absolute Gasteiger partial charge is 0.242 e. The van der Waals surface area contributed by atoms with Crippen molar-refractivity contribution >= 4 is 30.0 Å². The molecule has 0 aromatic heterocycles. The first kappa shape index (κ1) is 39.6. The molecule has 6 unspecified atom stereocenters. The molecule has 1 fully saturated rings. The summed E-state index contributed by atoms with van der Waals surface area (Å²) in [6, 6.07) is 7.76. The summed E-state index contributed by atoms with van der Waals surface area (Å²) in [6.07, 6.45) is 2.05. The molecular weight excluding hydrogens is 606 g/mol. The van der Waals surface area contributed by atoms with Gasteiger partial charge in [-0.05, 0) is 30.7 Å². The van der Waals surface area contributed by atoms with Crippen molar-refractivity contribution in [2.24, 2.45) is 11.8 Å². The number of nitrogens with zero attached hydrogens (tertiary/aromatic N) is 2. The normalized spacial score (nSPS) is 18.3. The van der Waals surface area contributed by atoms with Crippen molar-refractivity contribution < 1.29 is 38.6 Å². The van der Waals surface area contributed by atoms with Gasteiger partial charge in [0, 0.05) is 47.4 Å². The molecular formula is C34H55N5O8. The molecule has 1 saturated heterocycles. The highest BCUT2D eigenvalue weighted by atomic mass is 16.5. The zero-order chi connectivity index (χ0) is 34.9. The summed E-state index contributed by atoms with van der Waals surface area (Å²) < 4.78 is 11.7. The number of carbonyl (C=O) groups excluding carboxylic acids is 5. The highest BCUT2D eigenvalue weighted by Gasteiger charge is 2.42. The predicted molar refractivity (Wildman–Crippen MR) is 177 cm³/mol. The van der Waals surface area contributed by atoms with E-state index in [1.807, 2.05) is 44.2 Å². The maximum absolute atomic E-state index is 13.9. The summed E-state index contributed by atoms with van der Waals surface area (Å²) in [7, 11) is 4.69. The third kappa shape index (κ3) is 11.6. The molecule has 2 rings (SSSR count). The number of nitrogens with one attached hydrogen (secondary N) is 3. The monoisotopic (exact) mass is 661 g/mol. The van der Waals surface area contributed by atoms with E-state index >= 15 is 0 Å². The summed E-state index contributed by atoms with van der Waals surface area (Å²) in [5.41, 5.74) is 0.884. The fourth-order valence-corrected chi connectivity index (χ4v) is 6.36. The van der Waals surface area contributed by atoms with Gasteiger partial charge < -0.3 is 40.3 Å². The molecule has 0 bridgehead atoms. The van der Waals surface area contributed by atoms with Crippen molar-refractivity contribution in [1.82, 2.24) is 25.8 Å². The van der Waals surface area contributed by atoms with Crippen LogP contribution in [0.5, 0.6) is 0 Å². The molecule has 264 valence electrons. The van der Waals surface area contributed by atoms with Gasteiger partial charge in [-0.25, -0.2) is 0 Å². The molecule has 1 heterocycles. The molecule has 1 aromatic rings. The maximum Gasteiger partial charge on any atom is 0.242 e. The molecule has 7 atom stereocenters. The van der Waals surface area contributed by atoms with Gasteiger partial charge in [0.15, 0.2) is 0 Å². The van der Waals surface area contributed by atoms with Crippen LogP contribution in [-0.2, 0) is 39.9 Å². The Morgan fingerprint density at radius 1 is 1.11 bits per heavy atom. The van der Waals surface area contributed by atoms with Crippen molar-refractivity contribution in [2.75, 3.05) is 47.5 Å². The molecule has 0 aliphatic carbocycles. The first-order valence-electron chi connectivity index (χ1n) is 16.5. The van der Waals surface area contributed by atoms with E-state index in [0.29, 0.717) is 25.8 Å². The van der Waals surface area contributed by atoms with Crippen LogP contribution in [0.4, 0.5) is 0 Å². The minimum atomic E-state index is -0.841. The van der Waals surface area contributed by atoms with Crippen molar-refractivity contribution in [2.45, 2.75) is 89.6 Å². The van der Waals surface area contributed by atoms with Gasteiger partial charge in [0.2, 0.25) is 30.0 Å². The van der Waals surface area contributed by atoms with E-state index in [1.165, 1.54) is 14.2 Å². The number of benzene rings is 1. The number of carbonyl (C=O) groups is 5. The predicted octanol–water partition coefficient (Wildman–Crippen LogP) is 0.879. The van der Waals surface area contributed by atoms with Crippen LogP contribution in [0, 0.1) is 11.8 Å². The molecule has 1 aliphatic heterocycles. The molecule has 4 N–H and O–H groups in total. The van der Waals surface area contributed by atoms with Gasteiger partial charge in [0.1, 0.15) is 6.04 Å². The Kier molecular flexibility index (Phi) is 17.4. The average molecular weight is 662 g/mol. The lowest BCUT2D eigenvalue weighted by Crippen LogP contribution is -2.55. The van der Waals surface area contributed by atoms with Gasteiger partial charge in [0.05, 0.1) is 43.2 Å². The van der Waals surface area contributed by atoms with Crippen molar-refractivity contribution in [3.63, 3.8) is 0 Å². The minimum absolute atomic E-state index is 0.00687. The highest BCUT2D eigenvalue weighted by molar-refractivity contribution is 5.89. The number of rotatable bonds is 21. The Morgan fingerprint density at radius 2 is 1.81 bits per heavy atom. The van der Waals surface area contributed by atoms with E-state index in [0.717, 1.165) is 18.4 Å². The third-order valence-corrected chi connectivity index (χ3v) is 9.19. The molecule has 1 aromatic carbocycles. The zero-order valence-corrected chi connectivity index (χ0v) is 28.8. The Labute approximate surface area is 279 Å². The third-order valence-electron chi connectivity index (χ3n) is 9.19. The van der Waals surface area contributed by atoms with Crippen LogP contribution in [0.1, 0.15) is 58.4 Å². The van der Waals surface area contributed by atoms with E-state index in [9.17, 15) is 24.0 Å². The number of hydrogen-bond acceptors (Lipinski definition) is 8. The van der Waals surface area contributed by atoms with Gasteiger partial charge in [-0.2, -0.15) is 0 Å². The Bertz CT molecular complexity index is 1140. The SMILES string of the molecule is CCC(C)C(C(CC(=O)N1CCCC1C(OC)C(C)C(=O)N[C@@H](Cc1ccccc1)C(=O)NCCCO)OC)N(C)C(=O)CNC=O. The number of hydrogen-bond donors (Lipinski definition) is 4. The summed E-state index contributed by atoms with van der Waals surface area (Å²) in [6.45, 7) is 6.29. The molecule has 5 amide bonds. The quantitative estimate of drug-likeness (QED) is 0.111. The van der Waals surface area contributed by atoms with E-state index < -0.39 is 30.2 Å². The number of likely N-dealkylation sites (tertiary alicyclic amines) is 1. The lowest BCUT2D eigenvalue weighted by molar-refractivity contribution is -0.146. The van der Waals surface area contributed by atoms with E-state index in [4.69, 9.17) is 14.6 Å². The Balaban J connectivity index is 2.21. The molecule has 0 radical (unpaired) electrons. The average Bonchev–Trinajstić information content (AvgIpc) is 3.56. The van der Waals surface area contributed by atoms with Gasteiger partial charge in [-0.15, -0.1) is 0 Å². The standard InChI is InChI=1S/C34H55N5O8/c1-7-23(2)31(38(4)30(43)21-35-22-41)28(46-5)20-29(42)39-17-11-15-27(39)32(47-6)24(3)33(44)37-26(34(45)36-16-12-18-40)19-25-13-9-8-10-14-25/h8-10,13-14,22-24,26-28,31-32,40H,7,11-12,15-21H2,1-6H3,(H,35,41)(H,36,45)(H,37,44)/t23?,24?,26-,27?,28?,31?,32?/m0/s1. The summed E-state index contributed by atoms with van der Waals surface area (Å²) in [4.78, 5) is 67.4. The number of aliphatic hydroxyl groups is 1. The number of amides is 5. The number of methoxy groups -OCH3 is 2. The molecule has 13 nitrogen and oxygen atoms in total. The van der Waals surface area contributed by atoms with Crippen LogP contribution in [0.3, 0.4) is 0 Å². The van der Waals surface area contributed by atoms with Crippen LogP contribution in [0.15, 0.2) is 30.3 Å². The van der Waals surface area contributed by atoms with Crippen LogP contribution in [0.2, 0.25) is 0 Å². The van der Waals surface area contributed by atoms with Gasteiger partial charge in [0.25, 0.3) is 0 Å². The number of likely N-dealkylation sites (N-methyl/N-ethyl adjacent to an activating group) is 1. The largest absolute Gasteiger partial charge is 0.396 e. The van der Waals surface area contributed by atoms with E-state index in [2.05, 4.69) is 16.0 Å². The lowest BCUT2D eigenvalue weighted by atomic mass is 9.90. The second kappa shape index (κ2) is 20.6. The van der Waals surface area contributed by atoms with E-state index in [1.54, 1.807) is 23.8 Å². The maximum atomic E-state index is 13.9. The first-order chi connectivity index (χ1) is 22.5. The van der Waals surface area contributed by atoms with Crippen molar-refractivity contribution in [3.8, 4) is 0 Å². The van der Waals surface area contributed by atoms with Crippen molar-refractivity contribution in [3.05, 3.63) is 35.9 Å². The van der Waals surface area contributed by atoms with Gasteiger partial charge in [-0.3, -0.25) is 24.0 Å². The lowest BCUT2D eigenvalue weighted by Gasteiger charge is -2.39. The molecule has 13 heteroatoms. The van der Waals surface area contributed by atoms with Crippen LogP contribution in [0.25, 0.3) is 0 Å². The van der Waals surface area contributed by atoms with Crippen LogP contribution < -0.4 is 16.0 Å². The second-order valence-electron chi connectivity index (χ2n) is 12.3. The topological polar surface area (TPSA) is 167 Å². The number of ether oxygens (including phenoxy) is 2. The summed E-state index contributed by atoms with van der Waals surface area (Å²) >= 11 is 0. The summed E-state index contributed by atoms with van der Waals surface area (Å²) in [5, 5.41) is 17.2. The minimum Gasteiger partial charge on any atom is -0.396 e. The first-order valence-corrected chi connectivity index (χ1v) is 16.5. The number of aliphatic hydroxyl groups excluding tert-OH is 1.